The molecule has 94 valence electrons. The second-order valence-electron chi connectivity index (χ2n) is 3.40. The number of halogens is 3. The highest BCUT2D eigenvalue weighted by atomic mass is 32.2. The summed E-state index contributed by atoms with van der Waals surface area (Å²) in [6.07, 6.45) is -4.66. The van der Waals surface area contributed by atoms with Crippen molar-refractivity contribution >= 4 is 16.9 Å². The van der Waals surface area contributed by atoms with Crippen LogP contribution in [0.3, 0.4) is 0 Å². The van der Waals surface area contributed by atoms with E-state index in [1.165, 1.54) is 6.07 Å². The number of carbonyl (C=O) groups is 1. The molecule has 1 atom stereocenters. The Morgan fingerprint density at radius 2 is 2.00 bits per heavy atom. The molecule has 17 heavy (non-hydrogen) atoms. The van der Waals surface area contributed by atoms with Crippen LogP contribution in [0.1, 0.15) is 28.4 Å². The van der Waals surface area contributed by atoms with Crippen LogP contribution in [0.4, 0.5) is 13.2 Å². The first-order valence-electron chi connectivity index (χ1n) is 4.50. The van der Waals surface area contributed by atoms with Gasteiger partial charge in [0.05, 0.1) is 11.3 Å². The summed E-state index contributed by atoms with van der Waals surface area (Å²) in [7, 11) is 0. The Balaban J connectivity index is 3.29. The molecule has 1 unspecified atom stereocenters. The maximum atomic E-state index is 12.6. The SMILES string of the molecule is CC(=O)c1ccc(CS(=O)O)cc1C(F)(F)F. The predicted octanol–water partition coefficient (Wildman–Crippen LogP) is 2.63. The molecule has 0 amide bonds. The van der Waals surface area contributed by atoms with Gasteiger partial charge in [-0.2, -0.15) is 13.2 Å². The highest BCUT2D eigenvalue weighted by Gasteiger charge is 2.34. The number of ketones is 1. The summed E-state index contributed by atoms with van der Waals surface area (Å²) in [5.74, 6) is -1.10. The van der Waals surface area contributed by atoms with E-state index in [4.69, 9.17) is 4.55 Å². The number of Topliss-reactive ketones (excluding diaryl/α,β-unsaturated/α-hetero) is 1. The molecule has 1 aromatic rings. The molecular formula is C10H9F3O3S. The molecule has 0 saturated heterocycles. The third kappa shape index (κ3) is 3.64. The number of hydrogen-bond acceptors (Lipinski definition) is 2. The number of hydrogen-bond donors (Lipinski definition) is 1. The van der Waals surface area contributed by atoms with Crippen LogP contribution >= 0.6 is 0 Å². The third-order valence-electron chi connectivity index (χ3n) is 2.06. The van der Waals surface area contributed by atoms with Crippen molar-refractivity contribution in [3.8, 4) is 0 Å². The monoisotopic (exact) mass is 266 g/mol. The van der Waals surface area contributed by atoms with Crippen molar-refractivity contribution in [2.24, 2.45) is 0 Å². The first-order chi connectivity index (χ1) is 7.71. The molecule has 1 rings (SSSR count). The minimum atomic E-state index is -4.66. The lowest BCUT2D eigenvalue weighted by molar-refractivity contribution is -0.137. The van der Waals surface area contributed by atoms with Gasteiger partial charge in [0.25, 0.3) is 0 Å². The van der Waals surface area contributed by atoms with Crippen LogP contribution in [-0.4, -0.2) is 14.5 Å². The number of alkyl halides is 3. The van der Waals surface area contributed by atoms with Crippen LogP contribution in [0.15, 0.2) is 18.2 Å². The molecule has 1 N–H and O–H groups in total. The molecule has 0 aliphatic carbocycles. The molecule has 3 nitrogen and oxygen atoms in total. The standard InChI is InChI=1S/C10H9F3O3S/c1-6(14)8-3-2-7(5-17(15)16)4-9(8)10(11,12)13/h2-4H,5H2,1H3,(H,15,16). The van der Waals surface area contributed by atoms with Gasteiger partial charge in [0.2, 0.25) is 0 Å². The maximum absolute atomic E-state index is 12.6. The predicted molar refractivity (Wildman–Crippen MR) is 55.9 cm³/mol. The minimum absolute atomic E-state index is 0.0585. The number of rotatable bonds is 3. The van der Waals surface area contributed by atoms with E-state index in [0.29, 0.717) is 0 Å². The molecule has 0 spiro atoms. The molecule has 0 saturated carbocycles. The van der Waals surface area contributed by atoms with Gasteiger partial charge < -0.3 is 4.55 Å². The van der Waals surface area contributed by atoms with Gasteiger partial charge in [-0.3, -0.25) is 4.79 Å². The summed E-state index contributed by atoms with van der Waals surface area (Å²) in [4.78, 5) is 11.0. The van der Waals surface area contributed by atoms with Gasteiger partial charge in [-0.1, -0.05) is 12.1 Å². The van der Waals surface area contributed by atoms with Crippen molar-refractivity contribution in [3.63, 3.8) is 0 Å². The molecule has 0 aliphatic rings. The van der Waals surface area contributed by atoms with Crippen LogP contribution in [0.25, 0.3) is 0 Å². The zero-order valence-electron chi connectivity index (χ0n) is 8.75. The van der Waals surface area contributed by atoms with Crippen LogP contribution in [-0.2, 0) is 23.0 Å². The van der Waals surface area contributed by atoms with Crippen molar-refractivity contribution < 1.29 is 26.7 Å². The summed E-state index contributed by atoms with van der Waals surface area (Å²) in [5, 5.41) is 0. The first-order valence-corrected chi connectivity index (χ1v) is 5.78. The second kappa shape index (κ2) is 4.97. The largest absolute Gasteiger partial charge is 0.417 e. The molecule has 0 aromatic heterocycles. The van der Waals surface area contributed by atoms with Crippen LogP contribution < -0.4 is 0 Å². The Morgan fingerprint density at radius 3 is 2.41 bits per heavy atom. The summed E-state index contributed by atoms with van der Waals surface area (Å²) < 4.78 is 57.0. The van der Waals surface area contributed by atoms with E-state index in [1.54, 1.807) is 0 Å². The third-order valence-corrected chi connectivity index (χ3v) is 2.64. The lowest BCUT2D eigenvalue weighted by atomic mass is 10.0. The number of benzene rings is 1. The van der Waals surface area contributed by atoms with Gasteiger partial charge in [-0.15, -0.1) is 0 Å². The summed E-state index contributed by atoms with van der Waals surface area (Å²) >= 11 is -2.22. The molecule has 7 heteroatoms. The lowest BCUT2D eigenvalue weighted by Gasteiger charge is -2.12. The average molecular weight is 266 g/mol. The highest BCUT2D eigenvalue weighted by molar-refractivity contribution is 7.78. The summed E-state index contributed by atoms with van der Waals surface area (Å²) in [6, 6.07) is 2.98. The Bertz CT molecular complexity index is 468. The number of carbonyl (C=O) groups excluding carboxylic acids is 1. The van der Waals surface area contributed by atoms with E-state index in [9.17, 15) is 22.2 Å². The Morgan fingerprint density at radius 1 is 1.41 bits per heavy atom. The van der Waals surface area contributed by atoms with Gasteiger partial charge in [0, 0.05) is 5.56 Å². The van der Waals surface area contributed by atoms with Gasteiger partial charge in [-0.05, 0) is 18.6 Å². The van der Waals surface area contributed by atoms with Gasteiger partial charge >= 0.3 is 6.18 Å². The second-order valence-corrected chi connectivity index (χ2v) is 4.33. The minimum Gasteiger partial charge on any atom is -0.306 e. The summed E-state index contributed by atoms with van der Waals surface area (Å²) in [5.41, 5.74) is -1.46. The molecule has 0 bridgehead atoms. The molecule has 0 radical (unpaired) electrons. The van der Waals surface area contributed by atoms with E-state index in [-0.39, 0.29) is 5.56 Å². The zero-order valence-corrected chi connectivity index (χ0v) is 9.56. The van der Waals surface area contributed by atoms with E-state index in [1.807, 2.05) is 0 Å². The first kappa shape index (κ1) is 13.9. The van der Waals surface area contributed by atoms with E-state index in [2.05, 4.69) is 0 Å². The average Bonchev–Trinajstić information content (AvgIpc) is 2.14. The van der Waals surface area contributed by atoms with Crippen molar-refractivity contribution in [1.82, 2.24) is 0 Å². The van der Waals surface area contributed by atoms with Crippen LogP contribution in [0, 0.1) is 0 Å². The van der Waals surface area contributed by atoms with Crippen molar-refractivity contribution in [2.75, 3.05) is 0 Å². The Kier molecular flexibility index (Phi) is 4.05. The molecule has 0 aliphatic heterocycles. The topological polar surface area (TPSA) is 54.4 Å². The van der Waals surface area contributed by atoms with Gasteiger partial charge in [0.15, 0.2) is 16.9 Å². The Labute approximate surface area is 97.9 Å². The summed E-state index contributed by atoms with van der Waals surface area (Å²) in [6.45, 7) is 1.04. The fourth-order valence-electron chi connectivity index (χ4n) is 1.37. The van der Waals surface area contributed by atoms with Crippen LogP contribution in [0.2, 0.25) is 0 Å². The lowest BCUT2D eigenvalue weighted by Crippen LogP contribution is -2.12. The van der Waals surface area contributed by atoms with E-state index < -0.39 is 39.9 Å². The normalized spacial score (nSPS) is 13.5. The van der Waals surface area contributed by atoms with Crippen molar-refractivity contribution in [3.05, 3.63) is 34.9 Å². The van der Waals surface area contributed by atoms with Crippen molar-refractivity contribution in [2.45, 2.75) is 18.9 Å². The smallest absolute Gasteiger partial charge is 0.306 e. The molecule has 1 aromatic carbocycles. The fourth-order valence-corrected chi connectivity index (χ4v) is 1.83. The van der Waals surface area contributed by atoms with Crippen LogP contribution in [0.5, 0.6) is 0 Å². The van der Waals surface area contributed by atoms with E-state index >= 15 is 0 Å². The van der Waals surface area contributed by atoms with Gasteiger partial charge in [-0.25, -0.2) is 4.21 Å². The van der Waals surface area contributed by atoms with Crippen molar-refractivity contribution in [1.29, 1.82) is 0 Å². The quantitative estimate of drug-likeness (QED) is 0.676. The fraction of sp³-hybridized carbons (Fsp3) is 0.300. The van der Waals surface area contributed by atoms with Gasteiger partial charge in [0.1, 0.15) is 0 Å². The molecule has 0 fully saturated rings. The van der Waals surface area contributed by atoms with E-state index in [0.717, 1.165) is 19.1 Å². The molecular weight excluding hydrogens is 257 g/mol. The Hall–Kier alpha value is -1.21. The maximum Gasteiger partial charge on any atom is 0.417 e. The molecule has 0 heterocycles. The zero-order chi connectivity index (χ0) is 13.2. The highest BCUT2D eigenvalue weighted by Crippen LogP contribution is 2.33.